The van der Waals surface area contributed by atoms with Gasteiger partial charge >= 0.3 is 0 Å². The van der Waals surface area contributed by atoms with Crippen LogP contribution in [0.25, 0.3) is 0 Å². The van der Waals surface area contributed by atoms with Crippen LogP contribution in [0.3, 0.4) is 0 Å². The Bertz CT molecular complexity index is 264. The molecule has 0 bridgehead atoms. The zero-order valence-corrected chi connectivity index (χ0v) is 7.88. The van der Waals surface area contributed by atoms with Crippen molar-refractivity contribution in [2.45, 2.75) is 24.2 Å². The van der Waals surface area contributed by atoms with Gasteiger partial charge in [-0.1, -0.05) is 0 Å². The topological polar surface area (TPSA) is 46.6 Å². The molecule has 0 atom stereocenters. The van der Waals surface area contributed by atoms with Crippen molar-refractivity contribution in [3.8, 4) is 0 Å². The third-order valence-corrected chi connectivity index (χ3v) is 4.79. The van der Waals surface area contributed by atoms with Gasteiger partial charge in [0.1, 0.15) is 0 Å². The highest BCUT2D eigenvalue weighted by Gasteiger charge is 2.45. The van der Waals surface area contributed by atoms with Crippen LogP contribution >= 0.6 is 0 Å². The van der Waals surface area contributed by atoms with E-state index in [1.165, 1.54) is 4.31 Å². The molecule has 0 N–H and O–H groups in total. The lowest BCUT2D eigenvalue weighted by Gasteiger charge is -2.36. The summed E-state index contributed by atoms with van der Waals surface area (Å²) in [5, 5.41) is -0.0738. The molecule has 0 aromatic heterocycles. The maximum absolute atomic E-state index is 11.5. The molecule has 4 nitrogen and oxygen atoms in total. The molecule has 2 fully saturated rings. The second-order valence-corrected chi connectivity index (χ2v) is 5.63. The van der Waals surface area contributed by atoms with Gasteiger partial charge in [-0.3, -0.25) is 0 Å². The summed E-state index contributed by atoms with van der Waals surface area (Å²) >= 11 is 0. The molecule has 0 amide bonds. The maximum atomic E-state index is 11.5. The van der Waals surface area contributed by atoms with E-state index < -0.39 is 10.0 Å². The van der Waals surface area contributed by atoms with Crippen molar-refractivity contribution in [2.24, 2.45) is 0 Å². The van der Waals surface area contributed by atoms with Gasteiger partial charge in [-0.2, -0.15) is 4.31 Å². The summed E-state index contributed by atoms with van der Waals surface area (Å²) in [6.07, 6.45) is 1.81. The maximum Gasteiger partial charge on any atom is 0.217 e. The van der Waals surface area contributed by atoms with Crippen LogP contribution in [0, 0.1) is 0 Å². The van der Waals surface area contributed by atoms with Crippen molar-refractivity contribution >= 4 is 10.0 Å². The van der Waals surface area contributed by atoms with Gasteiger partial charge < -0.3 is 4.74 Å². The van der Waals surface area contributed by atoms with E-state index in [1.807, 2.05) is 0 Å². The molecule has 1 aliphatic heterocycles. The normalized spacial score (nSPS) is 27.1. The van der Waals surface area contributed by atoms with E-state index >= 15 is 0 Å². The predicted octanol–water partition coefficient (Wildman–Crippen LogP) is -0.191. The number of ether oxygens (including phenoxy) is 1. The Morgan fingerprint density at radius 2 is 1.92 bits per heavy atom. The Morgan fingerprint density at radius 1 is 1.33 bits per heavy atom. The molecule has 1 heterocycles. The van der Waals surface area contributed by atoms with E-state index in [9.17, 15) is 8.42 Å². The van der Waals surface area contributed by atoms with Gasteiger partial charge in [-0.05, 0) is 12.8 Å². The highest BCUT2D eigenvalue weighted by Crippen LogP contribution is 2.33. The predicted molar refractivity (Wildman–Crippen MR) is 44.3 cm³/mol. The van der Waals surface area contributed by atoms with Crippen LogP contribution in [-0.2, 0) is 14.8 Å². The van der Waals surface area contributed by atoms with Crippen molar-refractivity contribution in [2.75, 3.05) is 20.2 Å². The second-order valence-electron chi connectivity index (χ2n) is 3.42. The summed E-state index contributed by atoms with van der Waals surface area (Å²) in [4.78, 5) is 0. The van der Waals surface area contributed by atoms with Gasteiger partial charge in [0.25, 0.3) is 0 Å². The molecule has 0 radical (unpaired) electrons. The van der Waals surface area contributed by atoms with Gasteiger partial charge in [0, 0.05) is 20.2 Å². The van der Waals surface area contributed by atoms with E-state index in [0.29, 0.717) is 13.1 Å². The van der Waals surface area contributed by atoms with Crippen molar-refractivity contribution in [3.63, 3.8) is 0 Å². The SMILES string of the molecule is COC1CN(S(=O)(=O)C2CC2)C1. The monoisotopic (exact) mass is 191 g/mol. The average Bonchev–Trinajstić information content (AvgIpc) is 2.63. The first-order chi connectivity index (χ1) is 5.64. The fourth-order valence-electron chi connectivity index (χ4n) is 1.33. The molecule has 12 heavy (non-hydrogen) atoms. The zero-order valence-electron chi connectivity index (χ0n) is 7.06. The minimum Gasteiger partial charge on any atom is -0.379 e. The molecular weight excluding hydrogens is 178 g/mol. The third kappa shape index (κ3) is 1.26. The van der Waals surface area contributed by atoms with Crippen LogP contribution in [0.1, 0.15) is 12.8 Å². The summed E-state index contributed by atoms with van der Waals surface area (Å²) < 4.78 is 29.5. The first kappa shape index (κ1) is 8.47. The van der Waals surface area contributed by atoms with Crippen LogP contribution in [0.5, 0.6) is 0 Å². The lowest BCUT2D eigenvalue weighted by Crippen LogP contribution is -2.55. The fraction of sp³-hybridized carbons (Fsp3) is 1.00. The van der Waals surface area contributed by atoms with Gasteiger partial charge in [0.2, 0.25) is 10.0 Å². The first-order valence-corrected chi connectivity index (χ1v) is 5.66. The molecule has 2 aliphatic rings. The molecule has 0 unspecified atom stereocenters. The number of methoxy groups -OCH3 is 1. The Labute approximate surface area is 72.6 Å². The molecule has 0 aromatic carbocycles. The zero-order chi connectivity index (χ0) is 8.77. The Hall–Kier alpha value is -0.130. The summed E-state index contributed by atoms with van der Waals surface area (Å²) in [5.74, 6) is 0. The van der Waals surface area contributed by atoms with Crippen molar-refractivity contribution in [1.29, 1.82) is 0 Å². The van der Waals surface area contributed by atoms with E-state index in [2.05, 4.69) is 0 Å². The van der Waals surface area contributed by atoms with Crippen LogP contribution in [0.2, 0.25) is 0 Å². The van der Waals surface area contributed by atoms with Crippen LogP contribution in [0.4, 0.5) is 0 Å². The van der Waals surface area contributed by atoms with E-state index in [4.69, 9.17) is 4.74 Å². The third-order valence-electron chi connectivity index (χ3n) is 2.45. The average molecular weight is 191 g/mol. The van der Waals surface area contributed by atoms with Crippen LogP contribution in [-0.4, -0.2) is 44.3 Å². The van der Waals surface area contributed by atoms with E-state index in [-0.39, 0.29) is 11.4 Å². The van der Waals surface area contributed by atoms with Crippen LogP contribution < -0.4 is 0 Å². The highest BCUT2D eigenvalue weighted by atomic mass is 32.2. The molecule has 5 heteroatoms. The molecule has 70 valence electrons. The lowest BCUT2D eigenvalue weighted by atomic mass is 10.2. The fourth-order valence-corrected chi connectivity index (χ4v) is 3.24. The number of hydrogen-bond acceptors (Lipinski definition) is 3. The number of hydrogen-bond donors (Lipinski definition) is 0. The summed E-state index contributed by atoms with van der Waals surface area (Å²) in [5.41, 5.74) is 0. The van der Waals surface area contributed by atoms with Gasteiger partial charge in [0.15, 0.2) is 0 Å². The minimum absolute atomic E-state index is 0.0738. The molecule has 1 saturated carbocycles. The molecule has 1 aliphatic carbocycles. The minimum atomic E-state index is -2.92. The molecule has 1 saturated heterocycles. The summed E-state index contributed by atoms with van der Waals surface area (Å²) in [7, 11) is -1.30. The Morgan fingerprint density at radius 3 is 2.33 bits per heavy atom. The Kier molecular flexibility index (Phi) is 1.89. The first-order valence-electron chi connectivity index (χ1n) is 4.16. The summed E-state index contributed by atoms with van der Waals surface area (Å²) in [6, 6.07) is 0. The largest absolute Gasteiger partial charge is 0.379 e. The lowest BCUT2D eigenvalue weighted by molar-refractivity contribution is 0.0124. The number of sulfonamides is 1. The number of rotatable bonds is 3. The highest BCUT2D eigenvalue weighted by molar-refractivity contribution is 7.90. The molecular formula is C7H13NO3S. The Balaban J connectivity index is 1.94. The van der Waals surface area contributed by atoms with Crippen LogP contribution in [0.15, 0.2) is 0 Å². The van der Waals surface area contributed by atoms with Gasteiger partial charge in [0.05, 0.1) is 11.4 Å². The quantitative estimate of drug-likeness (QED) is 0.621. The van der Waals surface area contributed by atoms with Crippen molar-refractivity contribution in [1.82, 2.24) is 4.31 Å². The molecule has 2 rings (SSSR count). The second kappa shape index (κ2) is 2.68. The standard InChI is InChI=1S/C7H13NO3S/c1-11-6-4-8(5-6)12(9,10)7-2-3-7/h6-7H,2-5H2,1H3. The number of nitrogens with zero attached hydrogens (tertiary/aromatic N) is 1. The van der Waals surface area contributed by atoms with Crippen molar-refractivity contribution < 1.29 is 13.2 Å². The molecule has 0 spiro atoms. The molecule has 0 aromatic rings. The summed E-state index contributed by atoms with van der Waals surface area (Å²) in [6.45, 7) is 1.10. The van der Waals surface area contributed by atoms with Gasteiger partial charge in [-0.15, -0.1) is 0 Å². The smallest absolute Gasteiger partial charge is 0.217 e. The van der Waals surface area contributed by atoms with Gasteiger partial charge in [-0.25, -0.2) is 8.42 Å². The van der Waals surface area contributed by atoms with Crippen molar-refractivity contribution in [3.05, 3.63) is 0 Å². The van der Waals surface area contributed by atoms with E-state index in [0.717, 1.165) is 12.8 Å². The van der Waals surface area contributed by atoms with E-state index in [1.54, 1.807) is 7.11 Å².